The lowest BCUT2D eigenvalue weighted by molar-refractivity contribution is 0.0780. The standard InChI is InChI=1S/C13H15Cl2NO3S/c14-9-1-2-10(19)12(13(9)15)7-3-11(20)16(4-7)5-8(18)6-17/h1-2,7-8,17-19H,3-6H2/t7-,8-/m0/s1. The van der Waals surface area contributed by atoms with Crippen molar-refractivity contribution in [3.8, 4) is 5.75 Å². The van der Waals surface area contributed by atoms with Crippen LogP contribution in [0.3, 0.4) is 0 Å². The number of aliphatic hydroxyl groups is 2. The molecule has 0 aromatic heterocycles. The highest BCUT2D eigenvalue weighted by Crippen LogP contribution is 2.41. The zero-order valence-corrected chi connectivity index (χ0v) is 12.9. The number of rotatable bonds is 4. The van der Waals surface area contributed by atoms with Crippen molar-refractivity contribution in [1.29, 1.82) is 0 Å². The van der Waals surface area contributed by atoms with Crippen molar-refractivity contribution < 1.29 is 15.3 Å². The normalized spacial score (nSPS) is 20.5. The van der Waals surface area contributed by atoms with E-state index in [-0.39, 0.29) is 24.8 Å². The Labute approximate surface area is 132 Å². The summed E-state index contributed by atoms with van der Waals surface area (Å²) in [6.45, 7) is 0.487. The number of halogens is 2. The first-order valence-corrected chi connectivity index (χ1v) is 7.34. The van der Waals surface area contributed by atoms with Gasteiger partial charge >= 0.3 is 0 Å². The van der Waals surface area contributed by atoms with E-state index in [1.54, 1.807) is 6.07 Å². The van der Waals surface area contributed by atoms with Crippen molar-refractivity contribution in [2.24, 2.45) is 0 Å². The minimum atomic E-state index is -0.838. The zero-order valence-electron chi connectivity index (χ0n) is 10.6. The van der Waals surface area contributed by atoms with Crippen molar-refractivity contribution in [3.63, 3.8) is 0 Å². The lowest BCUT2D eigenvalue weighted by atomic mass is 9.97. The number of thiocarbonyl (C=S) groups is 1. The van der Waals surface area contributed by atoms with Crippen LogP contribution < -0.4 is 0 Å². The van der Waals surface area contributed by atoms with Crippen LogP contribution in [0.5, 0.6) is 5.75 Å². The van der Waals surface area contributed by atoms with E-state index in [0.717, 1.165) is 0 Å². The molecule has 0 unspecified atom stereocenters. The molecule has 1 fully saturated rings. The Kier molecular flexibility index (Phi) is 5.09. The lowest BCUT2D eigenvalue weighted by Crippen LogP contribution is -2.34. The number of nitrogens with zero attached hydrogens (tertiary/aromatic N) is 1. The van der Waals surface area contributed by atoms with E-state index in [0.29, 0.717) is 33.6 Å². The second kappa shape index (κ2) is 6.45. The molecule has 1 aromatic carbocycles. The van der Waals surface area contributed by atoms with E-state index in [1.165, 1.54) is 6.07 Å². The molecule has 0 bridgehead atoms. The molecule has 4 nitrogen and oxygen atoms in total. The highest BCUT2D eigenvalue weighted by Gasteiger charge is 2.32. The van der Waals surface area contributed by atoms with Gasteiger partial charge < -0.3 is 20.2 Å². The van der Waals surface area contributed by atoms with Crippen LogP contribution in [-0.4, -0.2) is 51.0 Å². The van der Waals surface area contributed by atoms with Gasteiger partial charge in [0, 0.05) is 31.0 Å². The average Bonchev–Trinajstić information content (AvgIpc) is 2.75. The number of phenolic OH excluding ortho intramolecular Hbond substituents is 1. The fourth-order valence-corrected chi connectivity index (χ4v) is 3.23. The van der Waals surface area contributed by atoms with Crippen molar-refractivity contribution >= 4 is 40.4 Å². The molecular formula is C13H15Cl2NO3S. The highest BCUT2D eigenvalue weighted by atomic mass is 35.5. The molecule has 0 radical (unpaired) electrons. The molecule has 2 rings (SSSR count). The van der Waals surface area contributed by atoms with Gasteiger partial charge in [0.05, 0.1) is 27.7 Å². The largest absolute Gasteiger partial charge is 0.508 e. The fraction of sp³-hybridized carbons (Fsp3) is 0.462. The first kappa shape index (κ1) is 15.8. The summed E-state index contributed by atoms with van der Waals surface area (Å²) in [4.78, 5) is 2.50. The Bertz CT molecular complexity index is 527. The number of β-amino-alcohol motifs (C(OH)–C–C–N with tert-alkyl or cyclic N) is 1. The molecule has 0 amide bonds. The average molecular weight is 336 g/mol. The van der Waals surface area contributed by atoms with E-state index < -0.39 is 6.10 Å². The SMILES string of the molecule is OC[C@@H](O)CN1C[C@@H](c2c(O)ccc(Cl)c2Cl)CC1=S. The Balaban J connectivity index is 2.20. The third-order valence-electron chi connectivity index (χ3n) is 3.37. The van der Waals surface area contributed by atoms with Crippen LogP contribution in [0.1, 0.15) is 17.9 Å². The van der Waals surface area contributed by atoms with E-state index in [9.17, 15) is 10.2 Å². The summed E-state index contributed by atoms with van der Waals surface area (Å²) in [6, 6.07) is 3.06. The minimum Gasteiger partial charge on any atom is -0.508 e. The van der Waals surface area contributed by atoms with Crippen LogP contribution in [0.15, 0.2) is 12.1 Å². The van der Waals surface area contributed by atoms with Crippen molar-refractivity contribution in [1.82, 2.24) is 4.90 Å². The van der Waals surface area contributed by atoms with Gasteiger partial charge in [-0.25, -0.2) is 0 Å². The monoisotopic (exact) mass is 335 g/mol. The van der Waals surface area contributed by atoms with Crippen LogP contribution in [0.25, 0.3) is 0 Å². The Hall–Kier alpha value is -0.590. The maximum absolute atomic E-state index is 9.98. The van der Waals surface area contributed by atoms with Crippen LogP contribution in [0.2, 0.25) is 10.0 Å². The van der Waals surface area contributed by atoms with Gasteiger partial charge in [-0.15, -0.1) is 0 Å². The quantitative estimate of drug-likeness (QED) is 0.736. The molecule has 1 aromatic rings. The Morgan fingerprint density at radius 2 is 2.10 bits per heavy atom. The minimum absolute atomic E-state index is 0.0698. The van der Waals surface area contributed by atoms with Gasteiger partial charge in [0.1, 0.15) is 5.75 Å². The first-order valence-electron chi connectivity index (χ1n) is 6.17. The summed E-state index contributed by atoms with van der Waals surface area (Å²) in [7, 11) is 0. The Morgan fingerprint density at radius 3 is 2.75 bits per heavy atom. The molecule has 2 atom stereocenters. The van der Waals surface area contributed by atoms with Gasteiger partial charge in [0.25, 0.3) is 0 Å². The summed E-state index contributed by atoms with van der Waals surface area (Å²) >= 11 is 17.4. The van der Waals surface area contributed by atoms with Gasteiger partial charge in [-0.1, -0.05) is 35.4 Å². The first-order chi connectivity index (χ1) is 9.43. The maximum Gasteiger partial charge on any atom is 0.120 e. The maximum atomic E-state index is 9.98. The number of aliphatic hydroxyl groups excluding tert-OH is 2. The predicted molar refractivity (Wildman–Crippen MR) is 82.7 cm³/mol. The molecule has 0 saturated carbocycles. The molecule has 3 N–H and O–H groups in total. The van der Waals surface area contributed by atoms with Gasteiger partial charge in [0.15, 0.2) is 0 Å². The number of benzene rings is 1. The van der Waals surface area contributed by atoms with Crippen LogP contribution in [-0.2, 0) is 0 Å². The fourth-order valence-electron chi connectivity index (χ4n) is 2.40. The van der Waals surface area contributed by atoms with Gasteiger partial charge in [-0.05, 0) is 12.1 Å². The van der Waals surface area contributed by atoms with Crippen LogP contribution in [0, 0.1) is 0 Å². The van der Waals surface area contributed by atoms with Crippen LogP contribution >= 0.6 is 35.4 Å². The summed E-state index contributed by atoms with van der Waals surface area (Å²) in [6.07, 6.45) is -0.281. The number of likely N-dealkylation sites (tertiary alicyclic amines) is 1. The Morgan fingerprint density at radius 1 is 1.40 bits per heavy atom. The molecule has 1 aliphatic heterocycles. The molecular weight excluding hydrogens is 321 g/mol. The molecule has 1 saturated heterocycles. The highest BCUT2D eigenvalue weighted by molar-refractivity contribution is 7.80. The zero-order chi connectivity index (χ0) is 14.9. The topological polar surface area (TPSA) is 63.9 Å². The summed E-state index contributed by atoms with van der Waals surface area (Å²) in [5.41, 5.74) is 0.586. The molecule has 0 spiro atoms. The third kappa shape index (κ3) is 3.18. The molecule has 1 heterocycles. The lowest BCUT2D eigenvalue weighted by Gasteiger charge is -2.21. The third-order valence-corrected chi connectivity index (χ3v) is 4.62. The summed E-state index contributed by atoms with van der Waals surface area (Å²) in [5.74, 6) is 0.0244. The van der Waals surface area contributed by atoms with E-state index >= 15 is 0 Å². The summed E-state index contributed by atoms with van der Waals surface area (Å²) < 4.78 is 0. The molecule has 7 heteroatoms. The van der Waals surface area contributed by atoms with Gasteiger partial charge in [-0.2, -0.15) is 0 Å². The van der Waals surface area contributed by atoms with E-state index in [4.69, 9.17) is 40.5 Å². The number of aromatic hydroxyl groups is 1. The molecule has 0 aliphatic carbocycles. The second-order valence-corrected chi connectivity index (χ2v) is 6.09. The van der Waals surface area contributed by atoms with Gasteiger partial charge in [0.2, 0.25) is 0 Å². The van der Waals surface area contributed by atoms with Crippen LogP contribution in [0.4, 0.5) is 0 Å². The molecule has 110 valence electrons. The van der Waals surface area contributed by atoms with Crippen molar-refractivity contribution in [2.75, 3.05) is 19.7 Å². The molecule has 20 heavy (non-hydrogen) atoms. The van der Waals surface area contributed by atoms with E-state index in [1.807, 2.05) is 4.90 Å². The smallest absolute Gasteiger partial charge is 0.120 e. The predicted octanol–water partition coefficient (Wildman–Crippen LogP) is 2.17. The van der Waals surface area contributed by atoms with E-state index in [2.05, 4.69) is 0 Å². The van der Waals surface area contributed by atoms with Gasteiger partial charge in [-0.3, -0.25) is 0 Å². The molecule has 1 aliphatic rings. The number of hydrogen-bond donors (Lipinski definition) is 3. The van der Waals surface area contributed by atoms with Crippen molar-refractivity contribution in [2.45, 2.75) is 18.4 Å². The second-order valence-electron chi connectivity index (χ2n) is 4.83. The summed E-state index contributed by atoms with van der Waals surface area (Å²) in [5, 5.41) is 29.1. The number of hydrogen-bond acceptors (Lipinski definition) is 4. The number of phenols is 1. The van der Waals surface area contributed by atoms with Crippen molar-refractivity contribution in [3.05, 3.63) is 27.7 Å².